The van der Waals surface area contributed by atoms with Crippen molar-refractivity contribution in [3.63, 3.8) is 0 Å². The highest BCUT2D eigenvalue weighted by atomic mass is 16.6. The summed E-state index contributed by atoms with van der Waals surface area (Å²) >= 11 is 0. The van der Waals surface area contributed by atoms with Gasteiger partial charge in [-0.15, -0.1) is 0 Å². The highest BCUT2D eigenvalue weighted by molar-refractivity contribution is 5.95. The highest BCUT2D eigenvalue weighted by Crippen LogP contribution is 2.34. The topological polar surface area (TPSA) is 96.7 Å². The van der Waals surface area contributed by atoms with Crippen LogP contribution in [0.25, 0.3) is 10.9 Å². The Balaban J connectivity index is 1.99. The minimum Gasteiger partial charge on any atom is -0.494 e. The molecule has 0 amide bonds. The Bertz CT molecular complexity index is 934. The molecule has 28 heavy (non-hydrogen) atoms. The SMILES string of the molecule is CCOC(=O)C(CC1CCn2c1nc1c(OC)cccc1c2=O)C(=O)OCC. The summed E-state index contributed by atoms with van der Waals surface area (Å²) in [7, 11) is 1.52. The Morgan fingerprint density at radius 1 is 1.21 bits per heavy atom. The van der Waals surface area contributed by atoms with Crippen molar-refractivity contribution in [3.05, 3.63) is 34.4 Å². The Morgan fingerprint density at radius 3 is 2.50 bits per heavy atom. The number of rotatable bonds is 7. The van der Waals surface area contributed by atoms with E-state index in [0.29, 0.717) is 35.4 Å². The van der Waals surface area contributed by atoms with Crippen LogP contribution in [0.5, 0.6) is 5.75 Å². The molecule has 0 bridgehead atoms. The van der Waals surface area contributed by atoms with E-state index < -0.39 is 17.9 Å². The van der Waals surface area contributed by atoms with Gasteiger partial charge in [0.05, 0.1) is 25.7 Å². The number of hydrogen-bond acceptors (Lipinski definition) is 7. The number of aromatic nitrogens is 2. The zero-order valence-electron chi connectivity index (χ0n) is 16.3. The third-order valence-electron chi connectivity index (χ3n) is 4.93. The van der Waals surface area contributed by atoms with Crippen molar-refractivity contribution < 1.29 is 23.8 Å². The van der Waals surface area contributed by atoms with Gasteiger partial charge >= 0.3 is 11.9 Å². The van der Waals surface area contributed by atoms with Crippen molar-refractivity contribution in [2.24, 2.45) is 5.92 Å². The lowest BCUT2D eigenvalue weighted by Gasteiger charge is -2.18. The highest BCUT2D eigenvalue weighted by Gasteiger charge is 2.36. The minimum absolute atomic E-state index is 0.148. The molecule has 8 nitrogen and oxygen atoms in total. The smallest absolute Gasteiger partial charge is 0.320 e. The van der Waals surface area contributed by atoms with Gasteiger partial charge in [0, 0.05) is 12.5 Å². The molecule has 1 aromatic carbocycles. The maximum atomic E-state index is 12.9. The van der Waals surface area contributed by atoms with Crippen LogP contribution in [0.15, 0.2) is 23.0 Å². The fraction of sp³-hybridized carbons (Fsp3) is 0.500. The van der Waals surface area contributed by atoms with Crippen LogP contribution < -0.4 is 10.3 Å². The van der Waals surface area contributed by atoms with Crippen LogP contribution in [0.1, 0.15) is 38.4 Å². The summed E-state index contributed by atoms with van der Waals surface area (Å²) in [4.78, 5) is 42.2. The largest absolute Gasteiger partial charge is 0.494 e. The predicted octanol–water partition coefficient (Wildman–Crippen LogP) is 2.02. The maximum absolute atomic E-state index is 12.9. The maximum Gasteiger partial charge on any atom is 0.320 e. The van der Waals surface area contributed by atoms with E-state index in [4.69, 9.17) is 14.2 Å². The van der Waals surface area contributed by atoms with Crippen molar-refractivity contribution >= 4 is 22.8 Å². The molecule has 0 spiro atoms. The monoisotopic (exact) mass is 388 g/mol. The fourth-order valence-electron chi connectivity index (χ4n) is 3.62. The molecule has 2 aromatic rings. The summed E-state index contributed by atoms with van der Waals surface area (Å²) in [5.74, 6) is -1.43. The summed E-state index contributed by atoms with van der Waals surface area (Å²) < 4.78 is 17.1. The number of ether oxygens (including phenoxy) is 3. The Labute approximate surface area is 162 Å². The number of hydrogen-bond donors (Lipinski definition) is 0. The summed E-state index contributed by atoms with van der Waals surface area (Å²) in [6.07, 6.45) is 0.793. The Morgan fingerprint density at radius 2 is 1.89 bits per heavy atom. The molecule has 0 radical (unpaired) electrons. The van der Waals surface area contributed by atoms with E-state index in [-0.39, 0.29) is 31.1 Å². The molecular weight excluding hydrogens is 364 g/mol. The molecule has 150 valence electrons. The zero-order valence-corrected chi connectivity index (χ0v) is 16.3. The summed E-state index contributed by atoms with van der Waals surface area (Å²) in [5, 5.41) is 0.482. The number of nitrogens with zero attached hydrogens (tertiary/aromatic N) is 2. The van der Waals surface area contributed by atoms with E-state index >= 15 is 0 Å². The number of carbonyl (C=O) groups excluding carboxylic acids is 2. The number of benzene rings is 1. The van der Waals surface area contributed by atoms with Crippen LogP contribution in [-0.2, 0) is 25.6 Å². The van der Waals surface area contributed by atoms with Gasteiger partial charge in [0.2, 0.25) is 0 Å². The molecule has 1 aliphatic rings. The molecule has 0 saturated carbocycles. The first kappa shape index (κ1) is 19.9. The second-order valence-corrected chi connectivity index (χ2v) is 6.56. The first-order valence-electron chi connectivity index (χ1n) is 9.42. The number of carbonyl (C=O) groups is 2. The lowest BCUT2D eigenvalue weighted by Crippen LogP contribution is -2.30. The van der Waals surface area contributed by atoms with E-state index in [9.17, 15) is 14.4 Å². The zero-order chi connectivity index (χ0) is 20.3. The van der Waals surface area contributed by atoms with Crippen molar-refractivity contribution in [3.8, 4) is 5.75 Å². The van der Waals surface area contributed by atoms with E-state index in [1.54, 1.807) is 36.6 Å². The van der Waals surface area contributed by atoms with Crippen LogP contribution in [0.4, 0.5) is 0 Å². The van der Waals surface area contributed by atoms with Crippen LogP contribution in [0.2, 0.25) is 0 Å². The van der Waals surface area contributed by atoms with Gasteiger partial charge in [0.25, 0.3) is 5.56 Å². The normalized spacial score (nSPS) is 15.5. The number of fused-ring (bicyclic) bond motifs is 2. The molecule has 8 heteroatoms. The average Bonchev–Trinajstić information content (AvgIpc) is 3.09. The number of para-hydroxylation sites is 1. The average molecular weight is 388 g/mol. The number of methoxy groups -OCH3 is 1. The van der Waals surface area contributed by atoms with Crippen LogP contribution in [0, 0.1) is 5.92 Å². The lowest BCUT2D eigenvalue weighted by molar-refractivity contribution is -0.162. The first-order valence-corrected chi connectivity index (χ1v) is 9.42. The molecule has 3 rings (SSSR count). The van der Waals surface area contributed by atoms with Crippen LogP contribution in [-0.4, -0.2) is 41.8 Å². The van der Waals surface area contributed by atoms with Gasteiger partial charge in [-0.05, 0) is 38.8 Å². The van der Waals surface area contributed by atoms with E-state index in [2.05, 4.69) is 4.98 Å². The second kappa shape index (κ2) is 8.41. The van der Waals surface area contributed by atoms with Crippen LogP contribution in [0.3, 0.4) is 0 Å². The molecule has 0 saturated heterocycles. The predicted molar refractivity (Wildman–Crippen MR) is 101 cm³/mol. The second-order valence-electron chi connectivity index (χ2n) is 6.56. The van der Waals surface area contributed by atoms with Gasteiger partial charge in [-0.3, -0.25) is 19.0 Å². The molecule has 1 unspecified atom stereocenters. The van der Waals surface area contributed by atoms with E-state index in [1.807, 2.05) is 0 Å². The lowest BCUT2D eigenvalue weighted by atomic mass is 9.93. The quantitative estimate of drug-likeness (QED) is 0.529. The first-order chi connectivity index (χ1) is 13.5. The van der Waals surface area contributed by atoms with Gasteiger partial charge in [-0.25, -0.2) is 4.98 Å². The molecule has 2 heterocycles. The molecule has 0 aliphatic carbocycles. The molecule has 0 N–H and O–H groups in total. The van der Waals surface area contributed by atoms with Gasteiger partial charge in [-0.2, -0.15) is 0 Å². The van der Waals surface area contributed by atoms with Crippen molar-refractivity contribution in [2.75, 3.05) is 20.3 Å². The molecular formula is C20H24N2O6. The molecule has 1 aliphatic heterocycles. The summed E-state index contributed by atoms with van der Waals surface area (Å²) in [6.45, 7) is 4.21. The Hall–Kier alpha value is -2.90. The standard InChI is InChI=1S/C20H24N2O6/c1-4-27-19(24)14(20(25)28-5-2)11-12-9-10-22-17(12)21-16-13(18(22)23)7-6-8-15(16)26-3/h6-8,12,14H,4-5,9-11H2,1-3H3. The summed E-state index contributed by atoms with van der Waals surface area (Å²) in [6, 6.07) is 5.21. The molecule has 1 atom stereocenters. The molecule has 1 aromatic heterocycles. The molecule has 0 fully saturated rings. The third-order valence-corrected chi connectivity index (χ3v) is 4.93. The van der Waals surface area contributed by atoms with Crippen molar-refractivity contribution in [1.82, 2.24) is 9.55 Å². The van der Waals surface area contributed by atoms with Crippen LogP contribution >= 0.6 is 0 Å². The van der Waals surface area contributed by atoms with E-state index in [1.165, 1.54) is 7.11 Å². The van der Waals surface area contributed by atoms with E-state index in [0.717, 1.165) is 0 Å². The third kappa shape index (κ3) is 3.58. The van der Waals surface area contributed by atoms with Gasteiger partial charge in [-0.1, -0.05) is 6.07 Å². The minimum atomic E-state index is -1.04. The fourth-order valence-corrected chi connectivity index (χ4v) is 3.62. The van der Waals surface area contributed by atoms with Gasteiger partial charge in [0.1, 0.15) is 17.1 Å². The van der Waals surface area contributed by atoms with Gasteiger partial charge in [0.15, 0.2) is 5.92 Å². The Kier molecular flexibility index (Phi) is 5.96. The van der Waals surface area contributed by atoms with Gasteiger partial charge < -0.3 is 14.2 Å². The number of esters is 2. The summed E-state index contributed by atoms with van der Waals surface area (Å²) in [5.41, 5.74) is 0.335. The van der Waals surface area contributed by atoms with Crippen molar-refractivity contribution in [2.45, 2.75) is 39.2 Å². The van der Waals surface area contributed by atoms with Crippen molar-refractivity contribution in [1.29, 1.82) is 0 Å².